The van der Waals surface area contributed by atoms with Crippen LogP contribution in [0.4, 0.5) is 0 Å². The van der Waals surface area contributed by atoms with Crippen molar-refractivity contribution in [2.45, 2.75) is 47.0 Å². The molecule has 0 saturated carbocycles. The van der Waals surface area contributed by atoms with Gasteiger partial charge in [-0.15, -0.1) is 11.3 Å². The molecular formula is C20H30BrNO6S. The smallest absolute Gasteiger partial charge is 0.348 e. The Kier molecular flexibility index (Phi) is 12.1. The van der Waals surface area contributed by atoms with Gasteiger partial charge in [0.2, 0.25) is 0 Å². The Hall–Kier alpha value is -1.45. The molecule has 1 unspecified atom stereocenters. The van der Waals surface area contributed by atoms with E-state index in [2.05, 4.69) is 20.5 Å². The summed E-state index contributed by atoms with van der Waals surface area (Å²) in [6.07, 6.45) is 1.79. The minimum atomic E-state index is -0.944. The molecule has 1 aromatic rings. The molecule has 0 spiro atoms. The van der Waals surface area contributed by atoms with Crippen LogP contribution in [-0.2, 0) is 30.2 Å². The molecule has 0 aliphatic rings. The van der Waals surface area contributed by atoms with Gasteiger partial charge in [0.25, 0.3) is 0 Å². The number of thiophene rings is 1. The second kappa shape index (κ2) is 13.7. The zero-order valence-corrected chi connectivity index (χ0v) is 19.8. The SMILES string of the molecule is CCOC(=O)c1cc(C)c(CCC(CNBr)CC(C(=O)OCC)C(=O)OCC)s1. The Labute approximate surface area is 184 Å². The number of halogens is 1. The van der Waals surface area contributed by atoms with E-state index in [1.807, 2.05) is 13.0 Å². The van der Waals surface area contributed by atoms with Gasteiger partial charge in [-0.05, 0) is 64.5 Å². The van der Waals surface area contributed by atoms with E-state index in [0.717, 1.165) is 23.3 Å². The molecule has 0 aromatic carbocycles. The zero-order chi connectivity index (χ0) is 21.8. The number of rotatable bonds is 13. The fraction of sp³-hybridized carbons (Fsp3) is 0.650. The Morgan fingerprint density at radius 1 is 1.07 bits per heavy atom. The van der Waals surface area contributed by atoms with E-state index in [0.29, 0.717) is 24.4 Å². The monoisotopic (exact) mass is 491 g/mol. The summed E-state index contributed by atoms with van der Waals surface area (Å²) in [5.41, 5.74) is 1.04. The lowest BCUT2D eigenvalue weighted by Crippen LogP contribution is -2.32. The Morgan fingerprint density at radius 2 is 1.66 bits per heavy atom. The second-order valence-electron chi connectivity index (χ2n) is 6.47. The quantitative estimate of drug-likeness (QED) is 0.194. The molecule has 0 saturated heterocycles. The van der Waals surface area contributed by atoms with E-state index in [-0.39, 0.29) is 25.1 Å². The van der Waals surface area contributed by atoms with Crippen LogP contribution in [0.2, 0.25) is 0 Å². The summed E-state index contributed by atoms with van der Waals surface area (Å²) in [5, 5.41) is 0. The van der Waals surface area contributed by atoms with Gasteiger partial charge in [-0.25, -0.2) is 4.79 Å². The van der Waals surface area contributed by atoms with Crippen molar-refractivity contribution >= 4 is 45.4 Å². The van der Waals surface area contributed by atoms with E-state index in [4.69, 9.17) is 14.2 Å². The van der Waals surface area contributed by atoms with Crippen LogP contribution in [0.15, 0.2) is 6.07 Å². The third kappa shape index (κ3) is 8.44. The number of esters is 3. The summed E-state index contributed by atoms with van der Waals surface area (Å²) in [6.45, 7) is 8.49. The highest BCUT2D eigenvalue weighted by molar-refractivity contribution is 9.08. The maximum absolute atomic E-state index is 12.3. The molecule has 0 aliphatic carbocycles. The molecular weight excluding hydrogens is 462 g/mol. The first kappa shape index (κ1) is 25.6. The number of aryl methyl sites for hydroxylation is 2. The molecule has 7 nitrogen and oxygen atoms in total. The summed E-state index contributed by atoms with van der Waals surface area (Å²) < 4.78 is 18.1. The molecule has 0 radical (unpaired) electrons. The lowest BCUT2D eigenvalue weighted by Gasteiger charge is -2.21. The Bertz CT molecular complexity index is 660. The molecule has 9 heteroatoms. The van der Waals surface area contributed by atoms with Crippen molar-refractivity contribution in [1.82, 2.24) is 4.34 Å². The first-order chi connectivity index (χ1) is 13.9. The molecule has 1 atom stereocenters. The van der Waals surface area contributed by atoms with Crippen molar-refractivity contribution in [3.8, 4) is 0 Å². The third-order valence-corrected chi connectivity index (χ3v) is 5.95. The lowest BCUT2D eigenvalue weighted by atomic mass is 9.90. The Morgan fingerprint density at radius 3 is 2.17 bits per heavy atom. The fourth-order valence-electron chi connectivity index (χ4n) is 2.93. The first-order valence-corrected chi connectivity index (χ1v) is 11.4. The van der Waals surface area contributed by atoms with Gasteiger partial charge < -0.3 is 14.2 Å². The topological polar surface area (TPSA) is 90.9 Å². The van der Waals surface area contributed by atoms with Gasteiger partial charge in [0.05, 0.1) is 19.8 Å². The van der Waals surface area contributed by atoms with E-state index in [9.17, 15) is 14.4 Å². The van der Waals surface area contributed by atoms with Gasteiger partial charge in [-0.2, -0.15) is 0 Å². The summed E-state index contributed by atoms with van der Waals surface area (Å²) in [4.78, 5) is 38.1. The second-order valence-corrected chi connectivity index (χ2v) is 8.17. The van der Waals surface area contributed by atoms with Gasteiger partial charge in [-0.3, -0.25) is 13.9 Å². The molecule has 0 amide bonds. The molecule has 1 rings (SSSR count). The molecule has 29 heavy (non-hydrogen) atoms. The predicted octanol–water partition coefficient (Wildman–Crippen LogP) is 3.81. The van der Waals surface area contributed by atoms with Crippen LogP contribution < -0.4 is 4.34 Å². The molecule has 1 heterocycles. The molecule has 0 fully saturated rings. The standard InChI is InChI=1S/C20H30BrNO6S/c1-5-26-18(23)15(19(24)27-6-2)11-14(12-22-21)8-9-16-13(4)10-17(29-16)20(25)28-7-3/h10,14-15,22H,5-9,11-12H2,1-4H3. The number of nitrogens with one attached hydrogen (secondary N) is 1. The summed E-state index contributed by atoms with van der Waals surface area (Å²) in [7, 11) is 0. The average Bonchev–Trinajstić information content (AvgIpc) is 3.05. The van der Waals surface area contributed by atoms with Crippen LogP contribution in [0, 0.1) is 18.8 Å². The number of hydrogen-bond donors (Lipinski definition) is 1. The van der Waals surface area contributed by atoms with E-state index in [1.54, 1.807) is 20.8 Å². The summed E-state index contributed by atoms with van der Waals surface area (Å²) >= 11 is 4.64. The van der Waals surface area contributed by atoms with Gasteiger partial charge in [0, 0.05) is 27.6 Å². The Balaban J connectivity index is 2.84. The number of hydrogen-bond acceptors (Lipinski definition) is 8. The fourth-order valence-corrected chi connectivity index (χ4v) is 4.47. The van der Waals surface area contributed by atoms with Crippen LogP contribution >= 0.6 is 27.5 Å². The highest BCUT2D eigenvalue weighted by atomic mass is 79.9. The van der Waals surface area contributed by atoms with Crippen LogP contribution in [-0.4, -0.2) is 44.3 Å². The zero-order valence-electron chi connectivity index (χ0n) is 17.4. The summed E-state index contributed by atoms with van der Waals surface area (Å²) in [5.74, 6) is -2.33. The van der Waals surface area contributed by atoms with Crippen LogP contribution in [0.25, 0.3) is 0 Å². The molecule has 0 aliphatic heterocycles. The highest BCUT2D eigenvalue weighted by Crippen LogP contribution is 2.27. The first-order valence-electron chi connectivity index (χ1n) is 9.80. The molecule has 1 aromatic heterocycles. The minimum Gasteiger partial charge on any atom is -0.465 e. The van der Waals surface area contributed by atoms with Crippen LogP contribution in [0.3, 0.4) is 0 Å². The number of carbonyl (C=O) groups excluding carboxylic acids is 3. The summed E-state index contributed by atoms with van der Waals surface area (Å²) in [6, 6.07) is 1.84. The van der Waals surface area contributed by atoms with Gasteiger partial charge >= 0.3 is 17.9 Å². The maximum atomic E-state index is 12.3. The maximum Gasteiger partial charge on any atom is 0.348 e. The van der Waals surface area contributed by atoms with Crippen molar-refractivity contribution in [2.75, 3.05) is 26.4 Å². The van der Waals surface area contributed by atoms with Crippen molar-refractivity contribution in [3.05, 3.63) is 21.4 Å². The normalized spacial score (nSPS) is 11.9. The average molecular weight is 492 g/mol. The van der Waals surface area contributed by atoms with Crippen molar-refractivity contribution in [1.29, 1.82) is 0 Å². The van der Waals surface area contributed by atoms with E-state index in [1.165, 1.54) is 11.3 Å². The molecule has 0 bridgehead atoms. The van der Waals surface area contributed by atoms with Gasteiger partial charge in [0.1, 0.15) is 4.88 Å². The largest absolute Gasteiger partial charge is 0.465 e. The minimum absolute atomic E-state index is 0.0285. The van der Waals surface area contributed by atoms with Gasteiger partial charge in [-0.1, -0.05) is 0 Å². The number of carbonyl (C=O) groups is 3. The van der Waals surface area contributed by atoms with Crippen molar-refractivity contribution < 1.29 is 28.6 Å². The highest BCUT2D eigenvalue weighted by Gasteiger charge is 2.32. The lowest BCUT2D eigenvalue weighted by molar-refractivity contribution is -0.162. The van der Waals surface area contributed by atoms with Crippen LogP contribution in [0.1, 0.15) is 53.7 Å². The molecule has 164 valence electrons. The van der Waals surface area contributed by atoms with Crippen molar-refractivity contribution in [3.63, 3.8) is 0 Å². The van der Waals surface area contributed by atoms with Crippen molar-refractivity contribution in [2.24, 2.45) is 11.8 Å². The van der Waals surface area contributed by atoms with Crippen LogP contribution in [0.5, 0.6) is 0 Å². The van der Waals surface area contributed by atoms with E-state index >= 15 is 0 Å². The number of ether oxygens (including phenoxy) is 3. The third-order valence-electron chi connectivity index (χ3n) is 4.35. The van der Waals surface area contributed by atoms with Gasteiger partial charge in [0.15, 0.2) is 5.92 Å². The van der Waals surface area contributed by atoms with E-state index < -0.39 is 17.9 Å². The molecule has 1 N–H and O–H groups in total. The predicted molar refractivity (Wildman–Crippen MR) is 115 cm³/mol.